The number of hydrogen-bond acceptors (Lipinski definition) is 3. The summed E-state index contributed by atoms with van der Waals surface area (Å²) in [5, 5.41) is 12.6. The van der Waals surface area contributed by atoms with E-state index < -0.39 is 5.54 Å². The summed E-state index contributed by atoms with van der Waals surface area (Å²) < 4.78 is 0. The number of likely N-dealkylation sites (tertiary alicyclic amines) is 1. The zero-order chi connectivity index (χ0) is 14.0. The third kappa shape index (κ3) is 3.08. The highest BCUT2D eigenvalue weighted by atomic mass is 16.3. The Kier molecular flexibility index (Phi) is 4.13. The number of nitrogens with one attached hydrogen (secondary N) is 1. The zero-order valence-corrected chi connectivity index (χ0v) is 11.8. The molecule has 1 aliphatic heterocycles. The predicted octanol–water partition coefficient (Wildman–Crippen LogP) is 0.522. The Hall–Kier alpha value is -1.10. The number of nitrogens with zero attached hydrogens (tertiary/aromatic N) is 1. The van der Waals surface area contributed by atoms with Gasteiger partial charge in [0.2, 0.25) is 11.8 Å². The van der Waals surface area contributed by atoms with Crippen molar-refractivity contribution in [3.05, 3.63) is 0 Å². The Bertz CT molecular complexity index is 362. The van der Waals surface area contributed by atoms with Gasteiger partial charge in [0.25, 0.3) is 0 Å². The normalized spacial score (nSPS) is 35.5. The maximum Gasteiger partial charge on any atom is 0.225 e. The SMILES string of the molecule is CC1CCC(CO)(NC(=O)C2CC(=O)N(C)C2)CC1. The molecule has 0 radical (unpaired) electrons. The van der Waals surface area contributed by atoms with Crippen LogP contribution in [0.5, 0.6) is 0 Å². The predicted molar refractivity (Wildman–Crippen MR) is 71.3 cm³/mol. The summed E-state index contributed by atoms with van der Waals surface area (Å²) >= 11 is 0. The van der Waals surface area contributed by atoms with Crippen LogP contribution in [0.2, 0.25) is 0 Å². The minimum Gasteiger partial charge on any atom is -0.394 e. The van der Waals surface area contributed by atoms with Gasteiger partial charge in [-0.15, -0.1) is 0 Å². The van der Waals surface area contributed by atoms with Gasteiger partial charge in [-0.05, 0) is 31.6 Å². The van der Waals surface area contributed by atoms with Gasteiger partial charge in [-0.25, -0.2) is 0 Å². The van der Waals surface area contributed by atoms with Crippen molar-refractivity contribution in [2.75, 3.05) is 20.2 Å². The van der Waals surface area contributed by atoms with Gasteiger partial charge in [0.05, 0.1) is 18.1 Å². The van der Waals surface area contributed by atoms with Gasteiger partial charge in [-0.3, -0.25) is 9.59 Å². The van der Waals surface area contributed by atoms with Crippen LogP contribution in [0, 0.1) is 11.8 Å². The smallest absolute Gasteiger partial charge is 0.225 e. The van der Waals surface area contributed by atoms with Crippen molar-refractivity contribution in [3.8, 4) is 0 Å². The molecular weight excluding hydrogens is 244 g/mol. The van der Waals surface area contributed by atoms with E-state index in [4.69, 9.17) is 0 Å². The van der Waals surface area contributed by atoms with Gasteiger partial charge in [-0.1, -0.05) is 6.92 Å². The van der Waals surface area contributed by atoms with Crippen molar-refractivity contribution in [2.45, 2.75) is 44.6 Å². The highest BCUT2D eigenvalue weighted by Crippen LogP contribution is 2.32. The van der Waals surface area contributed by atoms with E-state index in [1.165, 1.54) is 0 Å². The number of carbonyl (C=O) groups is 2. The monoisotopic (exact) mass is 268 g/mol. The Morgan fingerprint density at radius 2 is 2.11 bits per heavy atom. The molecule has 0 aromatic carbocycles. The van der Waals surface area contributed by atoms with Crippen molar-refractivity contribution >= 4 is 11.8 Å². The summed E-state index contributed by atoms with van der Waals surface area (Å²) in [5.74, 6) is 0.341. The van der Waals surface area contributed by atoms with E-state index in [1.54, 1.807) is 11.9 Å². The number of aliphatic hydroxyl groups is 1. The molecule has 2 fully saturated rings. The molecule has 108 valence electrons. The molecule has 1 unspecified atom stereocenters. The largest absolute Gasteiger partial charge is 0.394 e. The third-order valence-electron chi connectivity index (χ3n) is 4.63. The van der Waals surface area contributed by atoms with Crippen LogP contribution in [0.4, 0.5) is 0 Å². The fourth-order valence-electron chi connectivity index (χ4n) is 3.04. The minimum atomic E-state index is -0.464. The number of rotatable bonds is 3. The second-order valence-corrected chi connectivity index (χ2v) is 6.29. The summed E-state index contributed by atoms with van der Waals surface area (Å²) in [4.78, 5) is 25.3. The molecule has 0 spiro atoms. The number of carbonyl (C=O) groups excluding carboxylic acids is 2. The summed E-state index contributed by atoms with van der Waals surface area (Å²) in [6.45, 7) is 2.68. The highest BCUT2D eigenvalue weighted by molar-refractivity contribution is 5.89. The van der Waals surface area contributed by atoms with Gasteiger partial charge >= 0.3 is 0 Å². The molecular formula is C14H24N2O3. The van der Waals surface area contributed by atoms with Gasteiger partial charge < -0.3 is 15.3 Å². The van der Waals surface area contributed by atoms with Crippen molar-refractivity contribution < 1.29 is 14.7 Å². The van der Waals surface area contributed by atoms with E-state index in [0.29, 0.717) is 18.9 Å². The molecule has 19 heavy (non-hydrogen) atoms. The summed E-state index contributed by atoms with van der Waals surface area (Å²) in [6, 6.07) is 0. The van der Waals surface area contributed by atoms with Crippen molar-refractivity contribution in [1.82, 2.24) is 10.2 Å². The molecule has 2 rings (SSSR count). The standard InChI is InChI=1S/C14H24N2O3/c1-10-3-5-14(9-17,6-4-10)15-13(19)11-7-12(18)16(2)8-11/h10-11,17H,3-9H2,1-2H3,(H,15,19). The van der Waals surface area contributed by atoms with E-state index in [9.17, 15) is 14.7 Å². The Balaban J connectivity index is 1.95. The fraction of sp³-hybridized carbons (Fsp3) is 0.857. The molecule has 0 bridgehead atoms. The lowest BCUT2D eigenvalue weighted by atomic mass is 9.77. The molecule has 0 aromatic rings. The molecule has 1 atom stereocenters. The Labute approximate surface area is 114 Å². The van der Waals surface area contributed by atoms with Crippen LogP contribution in [0.1, 0.15) is 39.0 Å². The minimum absolute atomic E-state index is 0.0119. The summed E-state index contributed by atoms with van der Waals surface area (Å²) in [5.41, 5.74) is -0.464. The lowest BCUT2D eigenvalue weighted by molar-refractivity contribution is -0.130. The first-order valence-electron chi connectivity index (χ1n) is 7.12. The maximum atomic E-state index is 12.2. The average Bonchev–Trinajstić information content (AvgIpc) is 2.73. The Morgan fingerprint density at radius 3 is 2.58 bits per heavy atom. The van der Waals surface area contributed by atoms with Crippen molar-refractivity contribution in [3.63, 3.8) is 0 Å². The topological polar surface area (TPSA) is 69.6 Å². The number of aliphatic hydroxyl groups excluding tert-OH is 1. The fourth-order valence-corrected chi connectivity index (χ4v) is 3.04. The first-order chi connectivity index (χ1) is 8.96. The molecule has 2 N–H and O–H groups in total. The molecule has 0 aromatic heterocycles. The van der Waals surface area contributed by atoms with Crippen LogP contribution < -0.4 is 5.32 Å². The van der Waals surface area contributed by atoms with Crippen LogP contribution in [0.25, 0.3) is 0 Å². The number of hydrogen-bond donors (Lipinski definition) is 2. The second-order valence-electron chi connectivity index (χ2n) is 6.29. The van der Waals surface area contributed by atoms with Crippen molar-refractivity contribution in [2.24, 2.45) is 11.8 Å². The van der Waals surface area contributed by atoms with Crippen LogP contribution in [0.15, 0.2) is 0 Å². The molecule has 5 heteroatoms. The van der Waals surface area contributed by atoms with Gasteiger partial charge in [0.1, 0.15) is 0 Å². The molecule has 2 amide bonds. The summed E-state index contributed by atoms with van der Waals surface area (Å²) in [7, 11) is 1.72. The van der Waals surface area contributed by atoms with Crippen LogP contribution in [-0.2, 0) is 9.59 Å². The van der Waals surface area contributed by atoms with Crippen LogP contribution >= 0.6 is 0 Å². The van der Waals surface area contributed by atoms with E-state index in [1.807, 2.05) is 0 Å². The van der Waals surface area contributed by atoms with E-state index in [0.717, 1.165) is 25.7 Å². The van der Waals surface area contributed by atoms with Crippen LogP contribution in [-0.4, -0.2) is 47.6 Å². The van der Waals surface area contributed by atoms with Gasteiger partial charge in [-0.2, -0.15) is 0 Å². The molecule has 2 aliphatic rings. The lowest BCUT2D eigenvalue weighted by Crippen LogP contribution is -2.55. The zero-order valence-electron chi connectivity index (χ0n) is 11.8. The first kappa shape index (κ1) is 14.3. The van der Waals surface area contributed by atoms with E-state index in [-0.39, 0.29) is 24.3 Å². The molecule has 1 saturated heterocycles. The second kappa shape index (κ2) is 5.49. The number of amides is 2. The highest BCUT2D eigenvalue weighted by Gasteiger charge is 2.39. The molecule has 5 nitrogen and oxygen atoms in total. The molecule has 1 aliphatic carbocycles. The quantitative estimate of drug-likeness (QED) is 0.784. The molecule has 1 heterocycles. The first-order valence-corrected chi connectivity index (χ1v) is 7.12. The van der Waals surface area contributed by atoms with Gasteiger partial charge in [0, 0.05) is 20.0 Å². The maximum absolute atomic E-state index is 12.2. The van der Waals surface area contributed by atoms with E-state index in [2.05, 4.69) is 12.2 Å². The van der Waals surface area contributed by atoms with E-state index >= 15 is 0 Å². The average molecular weight is 268 g/mol. The van der Waals surface area contributed by atoms with Gasteiger partial charge in [0.15, 0.2) is 0 Å². The third-order valence-corrected chi connectivity index (χ3v) is 4.63. The molecule has 1 saturated carbocycles. The summed E-state index contributed by atoms with van der Waals surface area (Å²) in [6.07, 6.45) is 4.01. The van der Waals surface area contributed by atoms with Crippen LogP contribution in [0.3, 0.4) is 0 Å². The van der Waals surface area contributed by atoms with Crippen molar-refractivity contribution in [1.29, 1.82) is 0 Å². The Morgan fingerprint density at radius 1 is 1.47 bits per heavy atom. The lowest BCUT2D eigenvalue weighted by Gasteiger charge is -2.39.